The first kappa shape index (κ1) is 12.2. The number of benzene rings is 2. The van der Waals surface area contributed by atoms with Crippen molar-refractivity contribution in [1.82, 2.24) is 0 Å². The minimum atomic E-state index is -0.285. The minimum absolute atomic E-state index is 0.285. The van der Waals surface area contributed by atoms with Gasteiger partial charge in [0.25, 0.3) is 0 Å². The number of rotatable bonds is 3. The molecule has 0 unspecified atom stereocenters. The molecule has 0 amide bonds. The molecule has 0 heterocycles. The van der Waals surface area contributed by atoms with Gasteiger partial charge < -0.3 is 4.74 Å². The third-order valence-electron chi connectivity index (χ3n) is 2.20. The smallest absolute Gasteiger partial charge is 0.123 e. The summed E-state index contributed by atoms with van der Waals surface area (Å²) in [4.78, 5) is 0. The Kier molecular flexibility index (Phi) is 3.87. The Labute approximate surface area is 109 Å². The highest BCUT2D eigenvalue weighted by atomic mass is 35.5. The average Bonchev–Trinajstić information content (AvgIpc) is 2.33. The highest BCUT2D eigenvalue weighted by Crippen LogP contribution is 2.23. The molecule has 0 fully saturated rings. The van der Waals surface area contributed by atoms with Crippen molar-refractivity contribution in [3.63, 3.8) is 0 Å². The van der Waals surface area contributed by atoms with Crippen molar-refractivity contribution in [3.05, 3.63) is 63.9 Å². The van der Waals surface area contributed by atoms with Gasteiger partial charge in [0.2, 0.25) is 0 Å². The molecule has 0 aliphatic rings. The van der Waals surface area contributed by atoms with Gasteiger partial charge in [0.1, 0.15) is 18.2 Å². The van der Waals surface area contributed by atoms with E-state index in [2.05, 4.69) is 0 Å². The molecule has 2 aromatic rings. The molecule has 0 saturated carbocycles. The Morgan fingerprint density at radius 2 is 1.65 bits per heavy atom. The van der Waals surface area contributed by atoms with Crippen molar-refractivity contribution in [2.75, 3.05) is 0 Å². The standard InChI is InChI=1S/C13H9Cl2FO/c14-12-6-1-9(7-13(12)15)8-17-11-4-2-10(16)3-5-11/h1-7H,8H2. The van der Waals surface area contributed by atoms with Gasteiger partial charge in [-0.15, -0.1) is 0 Å². The summed E-state index contributed by atoms with van der Waals surface area (Å²) in [5.74, 6) is 0.323. The molecular weight excluding hydrogens is 262 g/mol. The molecule has 0 aromatic heterocycles. The average molecular weight is 271 g/mol. The number of hydrogen-bond donors (Lipinski definition) is 0. The van der Waals surface area contributed by atoms with E-state index in [4.69, 9.17) is 27.9 Å². The predicted molar refractivity (Wildman–Crippen MR) is 67.2 cm³/mol. The van der Waals surface area contributed by atoms with Gasteiger partial charge in [0, 0.05) is 0 Å². The Bertz CT molecular complexity index is 511. The molecule has 17 heavy (non-hydrogen) atoms. The van der Waals surface area contributed by atoms with Crippen molar-refractivity contribution in [2.24, 2.45) is 0 Å². The fourth-order valence-corrected chi connectivity index (χ4v) is 1.65. The van der Waals surface area contributed by atoms with Crippen molar-refractivity contribution < 1.29 is 9.13 Å². The molecule has 0 spiro atoms. The van der Waals surface area contributed by atoms with Crippen molar-refractivity contribution >= 4 is 23.2 Å². The van der Waals surface area contributed by atoms with E-state index >= 15 is 0 Å². The van der Waals surface area contributed by atoms with Gasteiger partial charge in [0.05, 0.1) is 10.0 Å². The molecule has 0 aliphatic carbocycles. The van der Waals surface area contributed by atoms with Gasteiger partial charge in [-0.05, 0) is 42.0 Å². The first-order chi connectivity index (χ1) is 8.15. The summed E-state index contributed by atoms with van der Waals surface area (Å²) in [5.41, 5.74) is 0.906. The lowest BCUT2D eigenvalue weighted by Gasteiger charge is -2.06. The fourth-order valence-electron chi connectivity index (χ4n) is 1.33. The van der Waals surface area contributed by atoms with Crippen LogP contribution in [-0.2, 0) is 6.61 Å². The molecule has 0 radical (unpaired) electrons. The normalized spacial score (nSPS) is 10.3. The lowest BCUT2D eigenvalue weighted by molar-refractivity contribution is 0.306. The molecule has 4 heteroatoms. The summed E-state index contributed by atoms with van der Waals surface area (Å²) in [6.45, 7) is 0.364. The Hall–Kier alpha value is -1.25. The van der Waals surface area contributed by atoms with Crippen molar-refractivity contribution in [3.8, 4) is 5.75 Å². The molecule has 0 bridgehead atoms. The van der Waals surface area contributed by atoms with Crippen LogP contribution in [0.1, 0.15) is 5.56 Å². The van der Waals surface area contributed by atoms with Crippen LogP contribution in [0.3, 0.4) is 0 Å². The van der Waals surface area contributed by atoms with E-state index in [9.17, 15) is 4.39 Å². The Morgan fingerprint density at radius 1 is 0.941 bits per heavy atom. The van der Waals surface area contributed by atoms with E-state index in [0.29, 0.717) is 22.4 Å². The molecule has 0 saturated heterocycles. The molecule has 2 aromatic carbocycles. The van der Waals surface area contributed by atoms with Crippen LogP contribution < -0.4 is 4.74 Å². The van der Waals surface area contributed by atoms with Crippen LogP contribution >= 0.6 is 23.2 Å². The monoisotopic (exact) mass is 270 g/mol. The maximum Gasteiger partial charge on any atom is 0.123 e. The van der Waals surface area contributed by atoms with E-state index in [0.717, 1.165) is 5.56 Å². The molecule has 0 atom stereocenters. The molecule has 0 N–H and O–H groups in total. The van der Waals surface area contributed by atoms with Gasteiger partial charge in [-0.2, -0.15) is 0 Å². The van der Waals surface area contributed by atoms with E-state index in [1.54, 1.807) is 24.3 Å². The van der Waals surface area contributed by atoms with E-state index in [1.807, 2.05) is 6.07 Å². The lowest BCUT2D eigenvalue weighted by atomic mass is 10.2. The van der Waals surface area contributed by atoms with Crippen LogP contribution in [0.5, 0.6) is 5.75 Å². The quantitative estimate of drug-likeness (QED) is 0.785. The van der Waals surface area contributed by atoms with Gasteiger partial charge >= 0.3 is 0 Å². The summed E-state index contributed by atoms with van der Waals surface area (Å²) >= 11 is 11.7. The summed E-state index contributed by atoms with van der Waals surface area (Å²) in [6, 6.07) is 11.1. The third-order valence-corrected chi connectivity index (χ3v) is 2.94. The Morgan fingerprint density at radius 3 is 2.29 bits per heavy atom. The molecule has 88 valence electrons. The van der Waals surface area contributed by atoms with Gasteiger partial charge in [-0.1, -0.05) is 29.3 Å². The maximum absolute atomic E-state index is 12.7. The van der Waals surface area contributed by atoms with Crippen LogP contribution in [0.15, 0.2) is 42.5 Å². The van der Waals surface area contributed by atoms with Crippen LogP contribution in [0.25, 0.3) is 0 Å². The number of hydrogen-bond acceptors (Lipinski definition) is 1. The van der Waals surface area contributed by atoms with Crippen LogP contribution in [0, 0.1) is 5.82 Å². The van der Waals surface area contributed by atoms with Crippen LogP contribution in [0.4, 0.5) is 4.39 Å². The predicted octanol–water partition coefficient (Wildman–Crippen LogP) is 4.71. The van der Waals surface area contributed by atoms with E-state index in [1.165, 1.54) is 12.1 Å². The largest absolute Gasteiger partial charge is 0.489 e. The summed E-state index contributed by atoms with van der Waals surface area (Å²) in [5, 5.41) is 1.00. The topological polar surface area (TPSA) is 9.23 Å². The van der Waals surface area contributed by atoms with E-state index in [-0.39, 0.29) is 5.82 Å². The second-order valence-electron chi connectivity index (χ2n) is 3.49. The van der Waals surface area contributed by atoms with Crippen molar-refractivity contribution in [2.45, 2.75) is 6.61 Å². The first-order valence-corrected chi connectivity index (χ1v) is 5.73. The highest BCUT2D eigenvalue weighted by Gasteiger charge is 2.01. The summed E-state index contributed by atoms with van der Waals surface area (Å²) in [7, 11) is 0. The number of halogens is 3. The second kappa shape index (κ2) is 5.39. The fraction of sp³-hybridized carbons (Fsp3) is 0.0769. The van der Waals surface area contributed by atoms with Gasteiger partial charge in [-0.3, -0.25) is 0 Å². The molecular formula is C13H9Cl2FO. The Balaban J connectivity index is 2.02. The highest BCUT2D eigenvalue weighted by molar-refractivity contribution is 6.42. The molecule has 0 aliphatic heterocycles. The SMILES string of the molecule is Fc1ccc(OCc2ccc(Cl)c(Cl)c2)cc1. The molecule has 1 nitrogen and oxygen atoms in total. The maximum atomic E-state index is 12.7. The minimum Gasteiger partial charge on any atom is -0.489 e. The first-order valence-electron chi connectivity index (χ1n) is 4.97. The van der Waals surface area contributed by atoms with Crippen molar-refractivity contribution in [1.29, 1.82) is 0 Å². The summed E-state index contributed by atoms with van der Waals surface area (Å²) in [6.07, 6.45) is 0. The van der Waals surface area contributed by atoms with Gasteiger partial charge in [0.15, 0.2) is 0 Å². The zero-order valence-corrected chi connectivity index (χ0v) is 10.3. The van der Waals surface area contributed by atoms with E-state index < -0.39 is 0 Å². The molecule has 2 rings (SSSR count). The second-order valence-corrected chi connectivity index (χ2v) is 4.31. The summed E-state index contributed by atoms with van der Waals surface area (Å²) < 4.78 is 18.1. The third kappa shape index (κ3) is 3.35. The van der Waals surface area contributed by atoms with Crippen LogP contribution in [0.2, 0.25) is 10.0 Å². The van der Waals surface area contributed by atoms with Crippen LogP contribution in [-0.4, -0.2) is 0 Å². The zero-order chi connectivity index (χ0) is 12.3. The number of ether oxygens (including phenoxy) is 1. The van der Waals surface area contributed by atoms with Gasteiger partial charge in [-0.25, -0.2) is 4.39 Å². The zero-order valence-electron chi connectivity index (χ0n) is 8.79. The lowest BCUT2D eigenvalue weighted by Crippen LogP contribution is -1.95.